The number of aromatic nitrogens is 5. The lowest BCUT2D eigenvalue weighted by Gasteiger charge is -2.43. The van der Waals surface area contributed by atoms with Crippen molar-refractivity contribution in [1.29, 1.82) is 0 Å². The van der Waals surface area contributed by atoms with Crippen LogP contribution in [0.3, 0.4) is 0 Å². The molecule has 0 saturated carbocycles. The normalized spacial score (nSPS) is 15.4. The number of benzene rings is 3. The van der Waals surface area contributed by atoms with Crippen molar-refractivity contribution in [1.82, 2.24) is 29.4 Å². The molecule has 0 spiro atoms. The van der Waals surface area contributed by atoms with Gasteiger partial charge in [0.1, 0.15) is 33.5 Å². The van der Waals surface area contributed by atoms with Crippen molar-refractivity contribution in [2.45, 2.75) is 57.8 Å². The number of halogens is 1. The molecule has 0 aliphatic carbocycles. The third kappa shape index (κ3) is 6.97. The van der Waals surface area contributed by atoms with Crippen LogP contribution in [0.4, 0.5) is 4.39 Å². The maximum absolute atomic E-state index is 15.0. The van der Waals surface area contributed by atoms with Gasteiger partial charge in [0.05, 0.1) is 44.6 Å². The summed E-state index contributed by atoms with van der Waals surface area (Å²) in [6, 6.07) is 23.6. The minimum Gasteiger partial charge on any atom is -0.496 e. The molecule has 1 amide bonds. The van der Waals surface area contributed by atoms with Crippen LogP contribution in [0.5, 0.6) is 5.75 Å². The number of carbonyl (C=O) groups excluding carboxylic acids is 1. The van der Waals surface area contributed by atoms with Crippen molar-refractivity contribution in [3.05, 3.63) is 129 Å². The third-order valence-corrected chi connectivity index (χ3v) is 16.5. The van der Waals surface area contributed by atoms with E-state index in [4.69, 9.17) is 13.9 Å². The van der Waals surface area contributed by atoms with Gasteiger partial charge in [-0.3, -0.25) is 14.2 Å². The summed E-state index contributed by atoms with van der Waals surface area (Å²) in [4.78, 5) is 43.4. The van der Waals surface area contributed by atoms with Gasteiger partial charge >= 0.3 is 5.69 Å². The molecule has 0 radical (unpaired) electrons. The van der Waals surface area contributed by atoms with Crippen LogP contribution in [0, 0.1) is 12.7 Å². The lowest BCUT2D eigenvalue weighted by atomic mass is 10.1. The summed E-state index contributed by atoms with van der Waals surface area (Å²) < 4.78 is 36.9. The monoisotopic (exact) mass is 782 g/mol. The molecule has 3 aromatic carbocycles. The van der Waals surface area contributed by atoms with E-state index >= 15 is 4.39 Å². The van der Waals surface area contributed by atoms with E-state index in [2.05, 4.69) is 60.6 Å². The summed E-state index contributed by atoms with van der Waals surface area (Å²) in [7, 11) is -1.44. The Morgan fingerprint density at radius 1 is 0.964 bits per heavy atom. The average molecular weight is 783 g/mol. The van der Waals surface area contributed by atoms with Gasteiger partial charge in [0.25, 0.3) is 13.9 Å². The fourth-order valence-corrected chi connectivity index (χ4v) is 13.4. The molecule has 1 aliphatic heterocycles. The maximum Gasteiger partial charge on any atom is 0.332 e. The number of hydrogen-bond donors (Lipinski definition) is 1. The van der Waals surface area contributed by atoms with Crippen LogP contribution in [0.15, 0.2) is 101 Å². The summed E-state index contributed by atoms with van der Waals surface area (Å²) in [6.07, 6.45) is 2.36. The second kappa shape index (κ2) is 15.5. The van der Waals surface area contributed by atoms with Crippen LogP contribution in [-0.4, -0.2) is 65.2 Å². The molecule has 4 heterocycles. The Morgan fingerprint density at radius 3 is 2.20 bits per heavy atom. The highest BCUT2D eigenvalue weighted by Gasteiger charge is 2.50. The Labute approximate surface area is 322 Å². The predicted octanol–water partition coefficient (Wildman–Crippen LogP) is 4.66. The van der Waals surface area contributed by atoms with Crippen molar-refractivity contribution in [3.63, 3.8) is 0 Å². The zero-order chi connectivity index (χ0) is 38.9. The van der Waals surface area contributed by atoms with Gasteiger partial charge in [0.2, 0.25) is 5.91 Å². The van der Waals surface area contributed by atoms with Crippen molar-refractivity contribution >= 4 is 46.2 Å². The molecular weight excluding hydrogens is 740 g/mol. The molecule has 12 nitrogen and oxygen atoms in total. The van der Waals surface area contributed by atoms with E-state index in [1.165, 1.54) is 58.4 Å². The predicted molar refractivity (Wildman–Crippen MR) is 212 cm³/mol. The van der Waals surface area contributed by atoms with Gasteiger partial charge in [-0.15, -0.1) is 4.80 Å². The summed E-state index contributed by atoms with van der Waals surface area (Å²) in [6.45, 7) is 8.77. The molecule has 286 valence electrons. The van der Waals surface area contributed by atoms with Crippen LogP contribution in [-0.2, 0) is 20.5 Å². The number of carbonyl (C=O) groups is 1. The maximum atomic E-state index is 15.0. The third-order valence-electron chi connectivity index (χ3n) is 10.2. The van der Waals surface area contributed by atoms with Gasteiger partial charge < -0.3 is 19.2 Å². The first-order valence-corrected chi connectivity index (χ1v) is 20.8. The number of thiophene rings is 1. The van der Waals surface area contributed by atoms with Crippen LogP contribution < -0.4 is 31.7 Å². The highest BCUT2D eigenvalue weighted by Crippen LogP contribution is 2.38. The standard InChI is InChI=1S/C40H43FN6O6SSi/c1-26-34-36(49)46(31-18-19-42-35(31)48)39(50)45(38(34)54-37(26)47-43-20-21-44-47)25-33(30-24-27(41)16-17-32(30)51-5)52-22-23-53-55(40(2,3)4,28-12-8-6-9-13-28)29-14-10-7-11-15-29/h6-17,20-21,24,31,33H,18-19,22-23,25H2,1-5H3,(H,42,48)/t31-,33-/m0/s1. The Balaban J connectivity index is 1.32. The molecule has 2 atom stereocenters. The number of amides is 1. The fraction of sp³-hybridized carbons (Fsp3) is 0.325. The molecule has 1 fully saturated rings. The molecule has 1 aliphatic rings. The smallest absolute Gasteiger partial charge is 0.332 e. The number of rotatable bonds is 13. The van der Waals surface area contributed by atoms with E-state index < -0.39 is 43.4 Å². The second-order valence-electron chi connectivity index (χ2n) is 14.5. The number of methoxy groups -OCH3 is 1. The SMILES string of the molecule is COc1ccc(F)cc1[C@H](Cn1c(=O)n([C@H]2CCNC2=O)c(=O)c2c(C)c(-n3nccn3)sc21)OCCO[Si](c1ccccc1)(c1ccccc1)C(C)(C)C. The molecule has 0 bridgehead atoms. The first kappa shape index (κ1) is 38.1. The fourth-order valence-electron chi connectivity index (χ4n) is 7.64. The van der Waals surface area contributed by atoms with Crippen molar-refractivity contribution < 1.29 is 23.1 Å². The van der Waals surface area contributed by atoms with Crippen molar-refractivity contribution in [2.75, 3.05) is 26.9 Å². The zero-order valence-corrected chi connectivity index (χ0v) is 33.1. The Morgan fingerprint density at radius 2 is 1.62 bits per heavy atom. The lowest BCUT2D eigenvalue weighted by molar-refractivity contribution is -0.122. The molecular formula is C40H43FN6O6SSi. The average Bonchev–Trinajstić information content (AvgIpc) is 3.94. The summed E-state index contributed by atoms with van der Waals surface area (Å²) >= 11 is 1.18. The van der Waals surface area contributed by atoms with Crippen LogP contribution >= 0.6 is 11.3 Å². The van der Waals surface area contributed by atoms with E-state index in [0.717, 1.165) is 14.9 Å². The molecule has 6 aromatic rings. The van der Waals surface area contributed by atoms with E-state index in [1.54, 1.807) is 6.92 Å². The van der Waals surface area contributed by atoms with E-state index in [9.17, 15) is 14.4 Å². The van der Waals surface area contributed by atoms with E-state index in [1.807, 2.05) is 36.4 Å². The number of aryl methyl sites for hydroxylation is 1. The number of nitrogens with one attached hydrogen (secondary N) is 1. The number of hydrogen-bond acceptors (Lipinski definition) is 9. The van der Waals surface area contributed by atoms with E-state index in [0.29, 0.717) is 33.3 Å². The molecule has 7 rings (SSSR count). The van der Waals surface area contributed by atoms with Crippen molar-refractivity contribution in [3.8, 4) is 10.8 Å². The number of ether oxygens (including phenoxy) is 2. The summed E-state index contributed by atoms with van der Waals surface area (Å²) in [5.74, 6) is -0.569. The highest BCUT2D eigenvalue weighted by atomic mass is 32.1. The molecule has 1 N–H and O–H groups in total. The first-order chi connectivity index (χ1) is 26.5. The van der Waals surface area contributed by atoms with Gasteiger partial charge in [-0.25, -0.2) is 13.8 Å². The Kier molecular flexibility index (Phi) is 10.7. The van der Waals surface area contributed by atoms with Gasteiger partial charge in [0, 0.05) is 17.7 Å². The van der Waals surface area contributed by atoms with Crippen LogP contribution in [0.2, 0.25) is 5.04 Å². The van der Waals surface area contributed by atoms with Gasteiger partial charge in [0.15, 0.2) is 0 Å². The minimum atomic E-state index is -2.92. The first-order valence-electron chi connectivity index (χ1n) is 18.1. The largest absolute Gasteiger partial charge is 0.496 e. The lowest BCUT2D eigenvalue weighted by Crippen LogP contribution is -2.66. The Bertz CT molecular complexity index is 2390. The number of nitrogens with zero attached hydrogens (tertiary/aromatic N) is 5. The molecule has 0 unspecified atom stereocenters. The molecule has 15 heteroatoms. The quantitative estimate of drug-likeness (QED) is 0.132. The summed E-state index contributed by atoms with van der Waals surface area (Å²) in [5.41, 5.74) is -0.341. The molecule has 1 saturated heterocycles. The van der Waals surface area contributed by atoms with Gasteiger partial charge in [-0.2, -0.15) is 10.2 Å². The molecule has 3 aromatic heterocycles. The van der Waals surface area contributed by atoms with Crippen molar-refractivity contribution in [2.24, 2.45) is 0 Å². The zero-order valence-electron chi connectivity index (χ0n) is 31.3. The topological polar surface area (TPSA) is 132 Å². The van der Waals surface area contributed by atoms with Gasteiger partial charge in [-0.05, 0) is 47.0 Å². The highest BCUT2D eigenvalue weighted by molar-refractivity contribution is 7.21. The second-order valence-corrected chi connectivity index (χ2v) is 19.7. The van der Waals surface area contributed by atoms with Crippen LogP contribution in [0.1, 0.15) is 50.5 Å². The molecule has 55 heavy (non-hydrogen) atoms. The Hall–Kier alpha value is -5.22. The summed E-state index contributed by atoms with van der Waals surface area (Å²) in [5, 5.41) is 14.0. The van der Waals surface area contributed by atoms with E-state index in [-0.39, 0.29) is 36.6 Å². The minimum absolute atomic E-state index is 0.0727. The van der Waals surface area contributed by atoms with Gasteiger partial charge in [-0.1, -0.05) is 92.8 Å². The number of fused-ring (bicyclic) bond motifs is 1. The van der Waals surface area contributed by atoms with Crippen LogP contribution in [0.25, 0.3) is 15.2 Å².